The van der Waals surface area contributed by atoms with Gasteiger partial charge in [0.2, 0.25) is 15.9 Å². The number of carbonyl (C=O) groups excluding carboxylic acids is 2. The molecule has 0 radical (unpaired) electrons. The topological polar surface area (TPSA) is 112 Å². The maximum Gasteiger partial charge on any atom is 0.410 e. The van der Waals surface area contributed by atoms with Gasteiger partial charge in [0.1, 0.15) is 6.61 Å². The zero-order valence-electron chi connectivity index (χ0n) is 33.4. The number of anilines is 1. The number of hydrogen-bond donors (Lipinski definition) is 2. The SMILES string of the molecule is CCN(CC)C(=O)C(C)(C)c1ccc2[nH]c(-c3cc(C)cc(C)c3)c(CCN(CCCCc3ccc(NS(C)(=O)=O)cc3)C(=O)OCc3ccccc3)c2c1. The number of rotatable bonds is 17. The van der Waals surface area contributed by atoms with Gasteiger partial charge in [-0.05, 0) is 131 Å². The summed E-state index contributed by atoms with van der Waals surface area (Å²) in [4.78, 5) is 34.9. The van der Waals surface area contributed by atoms with Crippen molar-refractivity contribution in [3.63, 3.8) is 0 Å². The van der Waals surface area contributed by atoms with Crippen molar-refractivity contribution in [1.29, 1.82) is 0 Å². The molecule has 4 aromatic carbocycles. The van der Waals surface area contributed by atoms with Crippen molar-refractivity contribution >= 4 is 38.6 Å². The monoisotopic (exact) mass is 764 g/mol. The molecule has 5 rings (SSSR count). The van der Waals surface area contributed by atoms with E-state index < -0.39 is 15.4 Å². The number of amides is 2. The number of nitrogens with zero attached hydrogens (tertiary/aromatic N) is 2. The number of H-pyrrole nitrogens is 1. The van der Waals surface area contributed by atoms with Gasteiger partial charge in [-0.25, -0.2) is 13.2 Å². The largest absolute Gasteiger partial charge is 0.445 e. The Labute approximate surface area is 327 Å². The Bertz CT molecular complexity index is 2170. The Morgan fingerprint density at radius 2 is 1.45 bits per heavy atom. The average Bonchev–Trinajstić information content (AvgIpc) is 3.52. The maximum absolute atomic E-state index is 13.8. The van der Waals surface area contributed by atoms with Crippen molar-refractivity contribution in [2.45, 2.75) is 79.2 Å². The van der Waals surface area contributed by atoms with Gasteiger partial charge in [-0.1, -0.05) is 65.7 Å². The summed E-state index contributed by atoms with van der Waals surface area (Å²) in [5.74, 6) is 0.0947. The smallest absolute Gasteiger partial charge is 0.410 e. The van der Waals surface area contributed by atoms with Crippen molar-refractivity contribution in [1.82, 2.24) is 14.8 Å². The van der Waals surface area contributed by atoms with E-state index in [4.69, 9.17) is 4.74 Å². The first-order chi connectivity index (χ1) is 26.2. The van der Waals surface area contributed by atoms with Gasteiger partial charge in [0.15, 0.2) is 0 Å². The molecule has 2 N–H and O–H groups in total. The van der Waals surface area contributed by atoms with E-state index in [-0.39, 0.29) is 18.6 Å². The predicted molar refractivity (Wildman–Crippen MR) is 224 cm³/mol. The Morgan fingerprint density at radius 3 is 2.09 bits per heavy atom. The minimum Gasteiger partial charge on any atom is -0.445 e. The number of unbranched alkanes of at least 4 members (excludes halogenated alkanes) is 1. The van der Waals surface area contributed by atoms with Gasteiger partial charge in [0.25, 0.3) is 0 Å². The first kappa shape index (κ1) is 41.1. The molecule has 0 aliphatic rings. The number of ether oxygens (including phenoxy) is 1. The zero-order chi connectivity index (χ0) is 39.8. The van der Waals surface area contributed by atoms with Crippen LogP contribution in [0.5, 0.6) is 0 Å². The summed E-state index contributed by atoms with van der Waals surface area (Å²) in [7, 11) is -3.34. The molecule has 1 aromatic heterocycles. The number of benzene rings is 4. The minimum atomic E-state index is -3.34. The zero-order valence-corrected chi connectivity index (χ0v) is 34.2. The van der Waals surface area contributed by atoms with Gasteiger partial charge < -0.3 is 19.5 Å². The van der Waals surface area contributed by atoms with E-state index in [2.05, 4.69) is 60.0 Å². The van der Waals surface area contributed by atoms with Crippen LogP contribution in [0, 0.1) is 13.8 Å². The summed E-state index contributed by atoms with van der Waals surface area (Å²) in [6.45, 7) is 14.7. The lowest BCUT2D eigenvalue weighted by molar-refractivity contribution is -0.135. The molecule has 0 fully saturated rings. The molecular weight excluding hydrogens is 709 g/mol. The summed E-state index contributed by atoms with van der Waals surface area (Å²) < 4.78 is 31.6. The number of fused-ring (bicyclic) bond motifs is 1. The third-order valence-corrected chi connectivity index (χ3v) is 10.8. The highest BCUT2D eigenvalue weighted by molar-refractivity contribution is 7.92. The third kappa shape index (κ3) is 10.8. The van der Waals surface area contributed by atoms with E-state index >= 15 is 0 Å². The molecule has 0 saturated carbocycles. The van der Waals surface area contributed by atoms with Crippen molar-refractivity contribution in [3.8, 4) is 11.3 Å². The summed E-state index contributed by atoms with van der Waals surface area (Å²) in [6.07, 6.45) is 3.73. The summed E-state index contributed by atoms with van der Waals surface area (Å²) in [5.41, 5.74) is 9.26. The number of likely N-dealkylation sites (N-methyl/N-ethyl adjacent to an activating group) is 1. The molecule has 0 aliphatic carbocycles. The van der Waals surface area contributed by atoms with Crippen LogP contribution in [0.25, 0.3) is 22.2 Å². The van der Waals surface area contributed by atoms with E-state index in [1.807, 2.05) is 80.0 Å². The number of aryl methyl sites for hydroxylation is 3. The number of aromatic amines is 1. The van der Waals surface area contributed by atoms with Gasteiger partial charge in [0.05, 0.1) is 11.7 Å². The fourth-order valence-corrected chi connectivity index (χ4v) is 7.79. The molecule has 0 atom stereocenters. The highest BCUT2D eigenvalue weighted by atomic mass is 32.2. The summed E-state index contributed by atoms with van der Waals surface area (Å²) in [6, 6.07) is 29.9. The van der Waals surface area contributed by atoms with Gasteiger partial charge in [-0.3, -0.25) is 9.52 Å². The second-order valence-corrected chi connectivity index (χ2v) is 16.8. The molecule has 2 amide bonds. The van der Waals surface area contributed by atoms with Gasteiger partial charge in [-0.15, -0.1) is 0 Å². The first-order valence-corrected chi connectivity index (χ1v) is 21.1. The number of hydrogen-bond acceptors (Lipinski definition) is 5. The van der Waals surface area contributed by atoms with E-state index in [1.165, 1.54) is 11.1 Å². The molecule has 55 heavy (non-hydrogen) atoms. The van der Waals surface area contributed by atoms with Crippen molar-refractivity contribution in [2.24, 2.45) is 0 Å². The van der Waals surface area contributed by atoms with Crippen LogP contribution in [-0.2, 0) is 44.4 Å². The second-order valence-electron chi connectivity index (χ2n) is 15.0. The highest BCUT2D eigenvalue weighted by Gasteiger charge is 2.33. The number of sulfonamides is 1. The molecule has 1 heterocycles. The van der Waals surface area contributed by atoms with E-state index in [9.17, 15) is 18.0 Å². The van der Waals surface area contributed by atoms with E-state index in [0.29, 0.717) is 38.3 Å². The molecule has 0 saturated heterocycles. The molecule has 0 aliphatic heterocycles. The van der Waals surface area contributed by atoms with Crippen LogP contribution in [0.15, 0.2) is 91.0 Å². The molecule has 0 spiro atoms. The number of nitrogens with one attached hydrogen (secondary N) is 2. The van der Waals surface area contributed by atoms with Crippen LogP contribution >= 0.6 is 0 Å². The quantitative estimate of drug-likeness (QED) is 0.0918. The summed E-state index contributed by atoms with van der Waals surface area (Å²) >= 11 is 0. The fourth-order valence-electron chi connectivity index (χ4n) is 7.23. The molecular formula is C45H56N4O5S. The lowest BCUT2D eigenvalue weighted by Gasteiger charge is -2.31. The fraction of sp³-hybridized carbons (Fsp3) is 0.378. The first-order valence-electron chi connectivity index (χ1n) is 19.2. The van der Waals surface area contributed by atoms with Crippen LogP contribution < -0.4 is 4.72 Å². The van der Waals surface area contributed by atoms with Crippen LogP contribution in [0.3, 0.4) is 0 Å². The lowest BCUT2D eigenvalue weighted by atomic mass is 9.82. The number of aromatic nitrogens is 1. The standard InChI is InChI=1S/C45H56N4O5S/c1-8-48(9-2)43(50)45(5,6)37-20-23-41-40(30-37)39(42(46-41)36-28-32(3)27-33(4)29-36)24-26-49(44(51)54-31-35-16-11-10-12-17-35)25-14-13-15-34-18-21-38(22-19-34)47-55(7,52)53/h10-12,16-23,27-30,46-47H,8-9,13-15,24-26,31H2,1-7H3. The lowest BCUT2D eigenvalue weighted by Crippen LogP contribution is -2.43. The maximum atomic E-state index is 13.8. The van der Waals surface area contributed by atoms with E-state index in [0.717, 1.165) is 69.9 Å². The number of carbonyl (C=O) groups is 2. The molecule has 0 bridgehead atoms. The molecule has 292 valence electrons. The van der Waals surface area contributed by atoms with Gasteiger partial charge in [0, 0.05) is 48.5 Å². The molecule has 0 unspecified atom stereocenters. The molecule has 5 aromatic rings. The Kier molecular flexibility index (Phi) is 13.5. The second kappa shape index (κ2) is 18.0. The van der Waals surface area contributed by atoms with Crippen molar-refractivity contribution in [2.75, 3.05) is 37.2 Å². The average molecular weight is 765 g/mol. The molecule has 10 heteroatoms. The van der Waals surface area contributed by atoms with Gasteiger partial charge >= 0.3 is 6.09 Å². The van der Waals surface area contributed by atoms with Gasteiger partial charge in [-0.2, -0.15) is 0 Å². The van der Waals surface area contributed by atoms with Crippen LogP contribution in [0.4, 0.5) is 10.5 Å². The summed E-state index contributed by atoms with van der Waals surface area (Å²) in [5, 5.41) is 1.04. The van der Waals surface area contributed by atoms with Crippen molar-refractivity contribution < 1.29 is 22.7 Å². The van der Waals surface area contributed by atoms with E-state index in [1.54, 1.807) is 12.1 Å². The normalized spacial score (nSPS) is 11.8. The highest BCUT2D eigenvalue weighted by Crippen LogP contribution is 2.36. The van der Waals surface area contributed by atoms with Crippen LogP contribution in [-0.4, -0.2) is 67.6 Å². The third-order valence-electron chi connectivity index (χ3n) is 10.2. The van der Waals surface area contributed by atoms with Crippen LogP contribution in [0.2, 0.25) is 0 Å². The molecule has 9 nitrogen and oxygen atoms in total. The van der Waals surface area contributed by atoms with Crippen LogP contribution in [0.1, 0.15) is 73.9 Å². The Balaban J connectivity index is 1.42. The van der Waals surface area contributed by atoms with Crippen molar-refractivity contribution in [3.05, 3.63) is 124 Å². The predicted octanol–water partition coefficient (Wildman–Crippen LogP) is 9.17. The Morgan fingerprint density at radius 1 is 0.782 bits per heavy atom. The Hall–Kier alpha value is -5.09. The minimum absolute atomic E-state index is 0.0947.